The van der Waals surface area contributed by atoms with Crippen LogP contribution in [0.1, 0.15) is 36.3 Å². The van der Waals surface area contributed by atoms with Gasteiger partial charge < -0.3 is 4.74 Å². The zero-order valence-electron chi connectivity index (χ0n) is 15.5. The Balaban J connectivity index is 2.40. The number of carbonyl (C=O) groups is 1. The number of ether oxygens (including phenoxy) is 1. The third-order valence-electron chi connectivity index (χ3n) is 4.23. The summed E-state index contributed by atoms with van der Waals surface area (Å²) in [6.07, 6.45) is 0.265. The van der Waals surface area contributed by atoms with E-state index in [1.165, 1.54) is 44.5 Å². The molecule has 2 rings (SSSR count). The Hall–Kier alpha value is -2.32. The molecule has 0 spiro atoms. The van der Waals surface area contributed by atoms with Gasteiger partial charge >= 0.3 is 5.97 Å². The topological polar surface area (TPSA) is 76.6 Å². The van der Waals surface area contributed by atoms with Crippen molar-refractivity contribution in [2.75, 3.05) is 7.11 Å². The van der Waals surface area contributed by atoms with Gasteiger partial charge in [0.15, 0.2) is 0 Å². The number of nitrogens with zero attached hydrogens (tertiary/aromatic N) is 2. The van der Waals surface area contributed by atoms with E-state index in [2.05, 4.69) is 9.72 Å². The average Bonchev–Trinajstić information content (AvgIpc) is 2.68. The monoisotopic (exact) mass is 394 g/mol. The fraction of sp³-hybridized carbons (Fsp3) is 0.368. The van der Waals surface area contributed by atoms with Crippen molar-refractivity contribution < 1.29 is 22.3 Å². The summed E-state index contributed by atoms with van der Waals surface area (Å²) in [6.45, 7) is 2.98. The maximum absolute atomic E-state index is 14.2. The van der Waals surface area contributed by atoms with Gasteiger partial charge in [0.1, 0.15) is 6.17 Å². The second-order valence-electron chi connectivity index (χ2n) is 6.05. The van der Waals surface area contributed by atoms with Gasteiger partial charge in [0, 0.05) is 6.20 Å². The van der Waals surface area contributed by atoms with E-state index in [9.17, 15) is 17.6 Å². The molecule has 0 saturated heterocycles. The number of carbonyl (C=O) groups excluding carboxylic acids is 1. The standard InChI is InChI=1S/C19H23FN2O4S/c1-4-18(14(2)20)22(27(24,25)17-8-6-5-7-9-17)13-16-11-10-15(12-21-16)19(23)26-3/h5-12,14,18H,4,13H2,1-3H3. The molecule has 0 amide bonds. The first-order valence-electron chi connectivity index (χ1n) is 8.55. The number of hydrogen-bond acceptors (Lipinski definition) is 5. The Morgan fingerprint density at radius 1 is 1.22 bits per heavy atom. The Labute approximate surface area is 159 Å². The van der Waals surface area contributed by atoms with Gasteiger partial charge in [0.2, 0.25) is 10.0 Å². The van der Waals surface area contributed by atoms with Crippen molar-refractivity contribution in [2.45, 2.75) is 43.9 Å². The molecule has 2 atom stereocenters. The van der Waals surface area contributed by atoms with Gasteiger partial charge in [-0.2, -0.15) is 4.31 Å². The highest BCUT2D eigenvalue weighted by Crippen LogP contribution is 2.24. The smallest absolute Gasteiger partial charge is 0.339 e. The lowest BCUT2D eigenvalue weighted by atomic mass is 10.1. The quantitative estimate of drug-likeness (QED) is 0.643. The Morgan fingerprint density at radius 2 is 1.89 bits per heavy atom. The molecule has 0 fully saturated rings. The minimum absolute atomic E-state index is 0.0929. The van der Waals surface area contributed by atoms with Gasteiger partial charge in [0.05, 0.1) is 35.8 Å². The van der Waals surface area contributed by atoms with Crippen molar-refractivity contribution in [1.82, 2.24) is 9.29 Å². The Bertz CT molecular complexity index is 855. The maximum Gasteiger partial charge on any atom is 0.339 e. The molecule has 146 valence electrons. The number of hydrogen-bond donors (Lipinski definition) is 0. The summed E-state index contributed by atoms with van der Waals surface area (Å²) >= 11 is 0. The van der Waals surface area contributed by atoms with Crippen LogP contribution in [0, 0.1) is 0 Å². The normalized spacial score (nSPS) is 14.0. The lowest BCUT2D eigenvalue weighted by molar-refractivity contribution is 0.0600. The minimum atomic E-state index is -3.93. The number of esters is 1. The molecule has 0 aliphatic rings. The third kappa shape index (κ3) is 4.90. The molecule has 6 nitrogen and oxygen atoms in total. The summed E-state index contributed by atoms with van der Waals surface area (Å²) in [5, 5.41) is 0. The van der Waals surface area contributed by atoms with E-state index in [1.54, 1.807) is 25.1 Å². The van der Waals surface area contributed by atoms with Crippen molar-refractivity contribution in [3.05, 3.63) is 59.9 Å². The second-order valence-corrected chi connectivity index (χ2v) is 7.94. The van der Waals surface area contributed by atoms with Crippen LogP contribution in [0.2, 0.25) is 0 Å². The second kappa shape index (κ2) is 9.05. The van der Waals surface area contributed by atoms with Gasteiger partial charge in [-0.25, -0.2) is 17.6 Å². The molecule has 0 aliphatic heterocycles. The van der Waals surface area contributed by atoms with Crippen LogP contribution in [0.25, 0.3) is 0 Å². The number of alkyl halides is 1. The molecule has 27 heavy (non-hydrogen) atoms. The largest absolute Gasteiger partial charge is 0.465 e. The van der Waals surface area contributed by atoms with Gasteiger partial charge in [0.25, 0.3) is 0 Å². The summed E-state index contributed by atoms with van der Waals surface area (Å²) in [5.74, 6) is -0.536. The first kappa shape index (κ1) is 21.0. The van der Waals surface area contributed by atoms with Gasteiger partial charge in [-0.3, -0.25) is 4.98 Å². The number of aromatic nitrogens is 1. The molecule has 1 aromatic heterocycles. The lowest BCUT2D eigenvalue weighted by Crippen LogP contribution is -2.44. The van der Waals surface area contributed by atoms with E-state index in [-0.39, 0.29) is 17.0 Å². The van der Waals surface area contributed by atoms with Crippen LogP contribution < -0.4 is 0 Å². The molecule has 2 aromatic rings. The Kier molecular flexibility index (Phi) is 7.04. The molecule has 0 radical (unpaired) electrons. The molecule has 8 heteroatoms. The van der Waals surface area contributed by atoms with Crippen molar-refractivity contribution in [3.63, 3.8) is 0 Å². The Morgan fingerprint density at radius 3 is 2.37 bits per heavy atom. The van der Waals surface area contributed by atoms with Crippen LogP contribution in [0.15, 0.2) is 53.6 Å². The number of pyridine rings is 1. The van der Waals surface area contributed by atoms with Crippen molar-refractivity contribution >= 4 is 16.0 Å². The first-order chi connectivity index (χ1) is 12.8. The molecule has 0 bridgehead atoms. The number of rotatable bonds is 8. The average molecular weight is 394 g/mol. The lowest BCUT2D eigenvalue weighted by Gasteiger charge is -2.31. The minimum Gasteiger partial charge on any atom is -0.465 e. The summed E-state index contributed by atoms with van der Waals surface area (Å²) in [5.41, 5.74) is 0.658. The van der Waals surface area contributed by atoms with E-state index in [1.807, 2.05) is 0 Å². The summed E-state index contributed by atoms with van der Waals surface area (Å²) in [6, 6.07) is 10.1. The molecule has 0 N–H and O–H groups in total. The molecule has 0 aliphatic carbocycles. The molecular weight excluding hydrogens is 371 g/mol. The van der Waals surface area contributed by atoms with Crippen molar-refractivity contribution in [1.29, 1.82) is 0 Å². The van der Waals surface area contributed by atoms with E-state index in [0.29, 0.717) is 12.1 Å². The highest BCUT2D eigenvalue weighted by atomic mass is 32.2. The van der Waals surface area contributed by atoms with Crippen LogP contribution in [0.5, 0.6) is 0 Å². The molecular formula is C19H23FN2O4S. The highest BCUT2D eigenvalue weighted by molar-refractivity contribution is 7.89. The SMILES string of the molecule is CCC(C(C)F)N(Cc1ccc(C(=O)OC)cn1)S(=O)(=O)c1ccccc1. The van der Waals surface area contributed by atoms with Gasteiger partial charge in [-0.05, 0) is 37.6 Å². The molecule has 1 heterocycles. The summed E-state index contributed by atoms with van der Waals surface area (Å²) in [4.78, 5) is 15.8. The predicted octanol–water partition coefficient (Wildman–Crippen LogP) is 3.20. The van der Waals surface area contributed by atoms with E-state index in [4.69, 9.17) is 0 Å². The number of halogens is 1. The number of sulfonamides is 1. The van der Waals surface area contributed by atoms with Crippen LogP contribution in [0.4, 0.5) is 4.39 Å². The maximum atomic E-state index is 14.2. The molecule has 1 aromatic carbocycles. The van der Waals surface area contributed by atoms with E-state index >= 15 is 0 Å². The van der Waals surface area contributed by atoms with Gasteiger partial charge in [-0.1, -0.05) is 25.1 Å². The molecule has 0 saturated carbocycles. The predicted molar refractivity (Wildman–Crippen MR) is 99.4 cm³/mol. The van der Waals surface area contributed by atoms with Crippen molar-refractivity contribution in [3.8, 4) is 0 Å². The summed E-state index contributed by atoms with van der Waals surface area (Å²) < 4.78 is 46.2. The van der Waals surface area contributed by atoms with Gasteiger partial charge in [-0.15, -0.1) is 0 Å². The highest BCUT2D eigenvalue weighted by Gasteiger charge is 2.34. The number of methoxy groups -OCH3 is 1. The zero-order chi connectivity index (χ0) is 20.0. The van der Waals surface area contributed by atoms with E-state index < -0.39 is 28.2 Å². The van der Waals surface area contributed by atoms with Crippen molar-refractivity contribution in [2.24, 2.45) is 0 Å². The van der Waals surface area contributed by atoms with Crippen LogP contribution >= 0.6 is 0 Å². The third-order valence-corrected chi connectivity index (χ3v) is 6.12. The van der Waals surface area contributed by atoms with Crippen LogP contribution in [-0.4, -0.2) is 43.0 Å². The first-order valence-corrected chi connectivity index (χ1v) is 9.99. The fourth-order valence-corrected chi connectivity index (χ4v) is 4.53. The fourth-order valence-electron chi connectivity index (χ4n) is 2.78. The molecule has 2 unspecified atom stereocenters. The summed E-state index contributed by atoms with van der Waals surface area (Å²) in [7, 11) is -2.66. The van der Waals surface area contributed by atoms with E-state index in [0.717, 1.165) is 4.31 Å². The van der Waals surface area contributed by atoms with Crippen LogP contribution in [0.3, 0.4) is 0 Å². The van der Waals surface area contributed by atoms with Crippen LogP contribution in [-0.2, 0) is 21.3 Å². The number of benzene rings is 1. The zero-order valence-corrected chi connectivity index (χ0v) is 16.3.